The molecule has 138 valence electrons. The number of amides is 2. The molecule has 1 aliphatic heterocycles. The van der Waals surface area contributed by atoms with Gasteiger partial charge < -0.3 is 10.2 Å². The van der Waals surface area contributed by atoms with E-state index in [4.69, 9.17) is 0 Å². The van der Waals surface area contributed by atoms with Crippen molar-refractivity contribution >= 4 is 11.8 Å². The summed E-state index contributed by atoms with van der Waals surface area (Å²) in [6.45, 7) is 4.73. The highest BCUT2D eigenvalue weighted by molar-refractivity contribution is 5.82. The summed E-state index contributed by atoms with van der Waals surface area (Å²) in [6, 6.07) is 0.0371. The normalized spacial score (nSPS) is 24.4. The second-order valence-electron chi connectivity index (χ2n) is 8.01. The molecule has 0 aromatic heterocycles. The maximum atomic E-state index is 12.5. The molecule has 1 heterocycles. The third kappa shape index (κ3) is 4.95. The first-order valence-electron chi connectivity index (χ1n) is 9.67. The van der Waals surface area contributed by atoms with Crippen LogP contribution in [0.1, 0.15) is 64.7 Å². The van der Waals surface area contributed by atoms with Crippen LogP contribution in [0.5, 0.6) is 0 Å². The fourth-order valence-corrected chi connectivity index (χ4v) is 4.10. The lowest BCUT2D eigenvalue weighted by Gasteiger charge is -2.28. The first-order chi connectivity index (χ1) is 11.4. The number of carbonyl (C=O) groups is 2. The number of carbonyl (C=O) groups excluding carboxylic acids is 2. The van der Waals surface area contributed by atoms with Crippen LogP contribution in [-0.4, -0.2) is 61.4 Å². The Morgan fingerprint density at radius 3 is 2.42 bits per heavy atom. The van der Waals surface area contributed by atoms with Gasteiger partial charge in [0, 0.05) is 32.6 Å². The molecular weight excluding hydrogens is 302 g/mol. The highest BCUT2D eigenvalue weighted by atomic mass is 16.2. The minimum Gasteiger partial charge on any atom is -0.356 e. The third-order valence-electron chi connectivity index (χ3n) is 5.75. The van der Waals surface area contributed by atoms with E-state index in [-0.39, 0.29) is 23.3 Å². The Bertz CT molecular complexity index is 428. The molecule has 2 fully saturated rings. The maximum absolute atomic E-state index is 12.5. The molecule has 0 spiro atoms. The summed E-state index contributed by atoms with van der Waals surface area (Å²) >= 11 is 0. The van der Waals surface area contributed by atoms with E-state index in [9.17, 15) is 9.59 Å². The van der Waals surface area contributed by atoms with Gasteiger partial charge in [-0.25, -0.2) is 0 Å². The zero-order valence-corrected chi connectivity index (χ0v) is 15.8. The van der Waals surface area contributed by atoms with E-state index in [1.807, 2.05) is 14.1 Å². The molecule has 5 nitrogen and oxygen atoms in total. The van der Waals surface area contributed by atoms with E-state index in [1.54, 1.807) is 4.90 Å². The van der Waals surface area contributed by atoms with Crippen LogP contribution in [0.3, 0.4) is 0 Å². The lowest BCUT2D eigenvalue weighted by molar-refractivity contribution is -0.133. The van der Waals surface area contributed by atoms with Crippen molar-refractivity contribution in [1.29, 1.82) is 0 Å². The summed E-state index contributed by atoms with van der Waals surface area (Å²) in [5.41, 5.74) is -0.173. The molecule has 24 heavy (non-hydrogen) atoms. The molecule has 5 heteroatoms. The Kier molecular flexibility index (Phi) is 7.08. The fraction of sp³-hybridized carbons (Fsp3) is 0.895. The van der Waals surface area contributed by atoms with Crippen LogP contribution < -0.4 is 5.32 Å². The van der Waals surface area contributed by atoms with E-state index in [0.717, 1.165) is 45.2 Å². The summed E-state index contributed by atoms with van der Waals surface area (Å²) in [5, 5.41) is 3.15. The molecule has 1 atom stereocenters. The molecule has 0 aromatic carbocycles. The minimum atomic E-state index is -0.173. The van der Waals surface area contributed by atoms with Crippen molar-refractivity contribution in [1.82, 2.24) is 15.1 Å². The smallest absolute Gasteiger partial charge is 0.239 e. The standard InChI is InChI=1S/C19H35N3O2/c1-19(11-6-4-5-7-12-19)18(24)20-13-9-15-22-14-8-10-16(22)17(23)21(2)3/h16H,4-15H2,1-3H3,(H,20,24)/t16-/m0/s1. The molecule has 1 saturated carbocycles. The van der Waals surface area contributed by atoms with E-state index in [0.29, 0.717) is 6.54 Å². The van der Waals surface area contributed by atoms with Crippen LogP contribution in [0, 0.1) is 5.41 Å². The van der Waals surface area contributed by atoms with Crippen molar-refractivity contribution in [3.63, 3.8) is 0 Å². The quantitative estimate of drug-likeness (QED) is 0.598. The molecule has 1 saturated heterocycles. The Morgan fingerprint density at radius 2 is 1.79 bits per heavy atom. The number of rotatable bonds is 6. The van der Waals surface area contributed by atoms with Gasteiger partial charge in [0.1, 0.15) is 0 Å². The highest BCUT2D eigenvalue weighted by Crippen LogP contribution is 2.34. The van der Waals surface area contributed by atoms with Gasteiger partial charge in [0.2, 0.25) is 11.8 Å². The minimum absolute atomic E-state index is 0.0371. The van der Waals surface area contributed by atoms with Gasteiger partial charge in [-0.15, -0.1) is 0 Å². The van der Waals surface area contributed by atoms with E-state index in [2.05, 4.69) is 17.1 Å². The van der Waals surface area contributed by atoms with Gasteiger partial charge in [-0.2, -0.15) is 0 Å². The summed E-state index contributed by atoms with van der Waals surface area (Å²) in [4.78, 5) is 28.7. The topological polar surface area (TPSA) is 52.7 Å². The van der Waals surface area contributed by atoms with Crippen LogP contribution in [0.15, 0.2) is 0 Å². The van der Waals surface area contributed by atoms with Gasteiger partial charge in [0.25, 0.3) is 0 Å². The van der Waals surface area contributed by atoms with Gasteiger partial charge in [-0.05, 0) is 38.6 Å². The van der Waals surface area contributed by atoms with Crippen LogP contribution in [0.2, 0.25) is 0 Å². The molecular formula is C19H35N3O2. The van der Waals surface area contributed by atoms with Crippen molar-refractivity contribution in [2.75, 3.05) is 33.7 Å². The molecule has 1 aliphatic carbocycles. The largest absolute Gasteiger partial charge is 0.356 e. The summed E-state index contributed by atoms with van der Waals surface area (Å²) in [6.07, 6.45) is 9.88. The van der Waals surface area contributed by atoms with Crippen LogP contribution >= 0.6 is 0 Å². The zero-order valence-electron chi connectivity index (χ0n) is 15.8. The number of likely N-dealkylation sites (N-methyl/N-ethyl adjacent to an activating group) is 1. The Labute approximate surface area is 147 Å². The second-order valence-corrected chi connectivity index (χ2v) is 8.01. The van der Waals surface area contributed by atoms with Crippen molar-refractivity contribution in [3.8, 4) is 0 Å². The molecule has 2 rings (SSSR count). The lowest BCUT2D eigenvalue weighted by atomic mass is 9.81. The van der Waals surface area contributed by atoms with Gasteiger partial charge in [-0.1, -0.05) is 32.6 Å². The average Bonchev–Trinajstić information content (AvgIpc) is 2.90. The zero-order chi connectivity index (χ0) is 17.6. The van der Waals surface area contributed by atoms with Gasteiger partial charge in [0.05, 0.1) is 6.04 Å². The summed E-state index contributed by atoms with van der Waals surface area (Å²) in [7, 11) is 3.65. The van der Waals surface area contributed by atoms with E-state index < -0.39 is 0 Å². The number of hydrogen-bond acceptors (Lipinski definition) is 3. The molecule has 0 radical (unpaired) electrons. The predicted molar refractivity (Wildman–Crippen MR) is 96.7 cm³/mol. The first kappa shape index (κ1) is 19.2. The highest BCUT2D eigenvalue weighted by Gasteiger charge is 2.34. The average molecular weight is 338 g/mol. The van der Waals surface area contributed by atoms with Crippen molar-refractivity contribution < 1.29 is 9.59 Å². The SMILES string of the molecule is CN(C)C(=O)[C@@H]1CCCN1CCCNC(=O)C1(C)CCCCCC1. The van der Waals surface area contributed by atoms with Crippen molar-refractivity contribution in [2.45, 2.75) is 70.8 Å². The Morgan fingerprint density at radius 1 is 1.12 bits per heavy atom. The number of hydrogen-bond donors (Lipinski definition) is 1. The summed E-state index contributed by atoms with van der Waals surface area (Å²) < 4.78 is 0. The molecule has 1 N–H and O–H groups in total. The van der Waals surface area contributed by atoms with Gasteiger partial charge in [-0.3, -0.25) is 14.5 Å². The second kappa shape index (κ2) is 8.84. The van der Waals surface area contributed by atoms with Crippen LogP contribution in [0.25, 0.3) is 0 Å². The predicted octanol–water partition coefficient (Wildman–Crippen LogP) is 2.41. The van der Waals surface area contributed by atoms with Crippen LogP contribution in [-0.2, 0) is 9.59 Å². The summed E-state index contributed by atoms with van der Waals surface area (Å²) in [5.74, 6) is 0.439. The van der Waals surface area contributed by atoms with E-state index in [1.165, 1.54) is 25.7 Å². The van der Waals surface area contributed by atoms with Crippen LogP contribution in [0.4, 0.5) is 0 Å². The molecule has 0 aromatic rings. The monoisotopic (exact) mass is 337 g/mol. The van der Waals surface area contributed by atoms with E-state index >= 15 is 0 Å². The van der Waals surface area contributed by atoms with Crippen molar-refractivity contribution in [2.24, 2.45) is 5.41 Å². The third-order valence-corrected chi connectivity index (χ3v) is 5.75. The Balaban J connectivity index is 1.72. The maximum Gasteiger partial charge on any atom is 0.239 e. The number of nitrogens with zero attached hydrogens (tertiary/aromatic N) is 2. The molecule has 0 unspecified atom stereocenters. The molecule has 0 bridgehead atoms. The fourth-order valence-electron chi connectivity index (χ4n) is 4.10. The first-order valence-corrected chi connectivity index (χ1v) is 9.67. The van der Waals surface area contributed by atoms with Gasteiger partial charge >= 0.3 is 0 Å². The number of likely N-dealkylation sites (tertiary alicyclic amines) is 1. The molecule has 2 amide bonds. The lowest BCUT2D eigenvalue weighted by Crippen LogP contribution is -2.44. The Hall–Kier alpha value is -1.10. The number of nitrogens with one attached hydrogen (secondary N) is 1. The van der Waals surface area contributed by atoms with Gasteiger partial charge in [0.15, 0.2) is 0 Å². The molecule has 2 aliphatic rings. The van der Waals surface area contributed by atoms with Crippen molar-refractivity contribution in [3.05, 3.63) is 0 Å².